The Hall–Kier alpha value is -0.710. The number of benzene rings is 1. The molecule has 0 unspecified atom stereocenters. The average Bonchev–Trinajstić information content (AvgIpc) is 2.06. The molecule has 0 radical (unpaired) electrons. The lowest BCUT2D eigenvalue weighted by molar-refractivity contribution is -0.230. The van der Waals surface area contributed by atoms with Crippen LogP contribution in [0.5, 0.6) is 0 Å². The Kier molecular flexibility index (Phi) is 3.40. The van der Waals surface area contributed by atoms with Crippen LogP contribution in [0.15, 0.2) is 28.7 Å². The number of Topliss-reactive ketones (excluding diaryl/α,β-unsaturated/α-hetero) is 1. The van der Waals surface area contributed by atoms with Gasteiger partial charge < -0.3 is 0 Å². The summed E-state index contributed by atoms with van der Waals surface area (Å²) in [6.45, 7) is -0.304. The zero-order chi connectivity index (χ0) is 8.97. The smallest absolute Gasteiger partial charge is 0.191 e. The molecule has 12 heavy (non-hydrogen) atoms. The third-order valence-electron chi connectivity index (χ3n) is 1.36. The quantitative estimate of drug-likeness (QED) is 0.492. The summed E-state index contributed by atoms with van der Waals surface area (Å²) in [5.74, 6) is -0.245. The normalized spacial score (nSPS) is 9.83. The number of hydrogen-bond donors (Lipinski definition) is 1. The van der Waals surface area contributed by atoms with Crippen LogP contribution in [0.3, 0.4) is 0 Å². The number of hydrogen-bond acceptors (Lipinski definition) is 3. The van der Waals surface area contributed by atoms with Gasteiger partial charge in [-0.1, -0.05) is 28.1 Å². The summed E-state index contributed by atoms with van der Waals surface area (Å²) in [6.07, 6.45) is 0. The SMILES string of the molecule is O=C(COO)c1ccc(Br)cc1. The first-order chi connectivity index (χ1) is 5.74. The third kappa shape index (κ3) is 2.41. The van der Waals surface area contributed by atoms with Crippen LogP contribution in [0.2, 0.25) is 0 Å². The number of halogens is 1. The van der Waals surface area contributed by atoms with Gasteiger partial charge in [0.15, 0.2) is 5.78 Å². The fourth-order valence-corrected chi connectivity index (χ4v) is 1.04. The first-order valence-electron chi connectivity index (χ1n) is 3.29. The van der Waals surface area contributed by atoms with Crippen molar-refractivity contribution in [2.75, 3.05) is 6.61 Å². The predicted molar refractivity (Wildman–Crippen MR) is 47.1 cm³/mol. The molecular weight excluding hydrogens is 224 g/mol. The molecule has 0 bridgehead atoms. The molecule has 64 valence electrons. The molecule has 0 aliphatic rings. The summed E-state index contributed by atoms with van der Waals surface area (Å²) >= 11 is 3.24. The van der Waals surface area contributed by atoms with Gasteiger partial charge in [-0.05, 0) is 12.1 Å². The maximum atomic E-state index is 11.1. The summed E-state index contributed by atoms with van der Waals surface area (Å²) in [5, 5.41) is 8.02. The van der Waals surface area contributed by atoms with E-state index in [1.165, 1.54) is 0 Å². The highest BCUT2D eigenvalue weighted by Crippen LogP contribution is 2.10. The Morgan fingerprint density at radius 3 is 2.50 bits per heavy atom. The van der Waals surface area contributed by atoms with E-state index in [0.717, 1.165) is 4.47 Å². The molecule has 0 amide bonds. The van der Waals surface area contributed by atoms with Gasteiger partial charge in [-0.25, -0.2) is 4.89 Å². The fraction of sp³-hybridized carbons (Fsp3) is 0.125. The van der Waals surface area contributed by atoms with Crippen molar-refractivity contribution < 1.29 is 14.9 Å². The number of ketones is 1. The van der Waals surface area contributed by atoms with Gasteiger partial charge in [-0.3, -0.25) is 10.1 Å². The van der Waals surface area contributed by atoms with Gasteiger partial charge in [-0.2, -0.15) is 0 Å². The first-order valence-corrected chi connectivity index (χ1v) is 4.08. The Balaban J connectivity index is 2.75. The van der Waals surface area contributed by atoms with E-state index in [4.69, 9.17) is 5.26 Å². The maximum absolute atomic E-state index is 11.1. The van der Waals surface area contributed by atoms with Gasteiger partial charge in [0.25, 0.3) is 0 Å². The van der Waals surface area contributed by atoms with Crippen molar-refractivity contribution in [3.8, 4) is 0 Å². The molecule has 0 aliphatic carbocycles. The molecule has 0 atom stereocenters. The summed E-state index contributed by atoms with van der Waals surface area (Å²) in [4.78, 5) is 14.8. The summed E-state index contributed by atoms with van der Waals surface area (Å²) in [5.41, 5.74) is 0.521. The van der Waals surface area contributed by atoms with Gasteiger partial charge in [0.1, 0.15) is 6.61 Å². The predicted octanol–water partition coefficient (Wildman–Crippen LogP) is 2.12. The number of carbonyl (C=O) groups is 1. The van der Waals surface area contributed by atoms with Gasteiger partial charge in [0.05, 0.1) is 0 Å². The molecule has 4 heteroatoms. The van der Waals surface area contributed by atoms with E-state index in [0.29, 0.717) is 5.56 Å². The van der Waals surface area contributed by atoms with E-state index < -0.39 is 0 Å². The van der Waals surface area contributed by atoms with Crippen LogP contribution in [-0.2, 0) is 4.89 Å². The highest BCUT2D eigenvalue weighted by molar-refractivity contribution is 9.10. The standard InChI is InChI=1S/C8H7BrO3/c9-7-3-1-6(2-4-7)8(10)5-12-11/h1-4,11H,5H2. The Morgan fingerprint density at radius 2 is 2.00 bits per heavy atom. The molecule has 0 heterocycles. The van der Waals surface area contributed by atoms with Crippen LogP contribution in [0.25, 0.3) is 0 Å². The topological polar surface area (TPSA) is 46.5 Å². The van der Waals surface area contributed by atoms with E-state index in [9.17, 15) is 4.79 Å². The average molecular weight is 231 g/mol. The Bertz CT molecular complexity index is 268. The molecule has 1 aromatic rings. The Morgan fingerprint density at radius 1 is 1.42 bits per heavy atom. The van der Waals surface area contributed by atoms with E-state index in [1.54, 1.807) is 24.3 Å². The van der Waals surface area contributed by atoms with Crippen molar-refractivity contribution in [3.63, 3.8) is 0 Å². The second-order valence-corrected chi connectivity index (χ2v) is 3.12. The monoisotopic (exact) mass is 230 g/mol. The number of carbonyl (C=O) groups excluding carboxylic acids is 1. The van der Waals surface area contributed by atoms with Gasteiger partial charge >= 0.3 is 0 Å². The molecule has 0 saturated carbocycles. The second kappa shape index (κ2) is 4.35. The first kappa shape index (κ1) is 9.38. The van der Waals surface area contributed by atoms with Crippen molar-refractivity contribution >= 4 is 21.7 Å². The van der Waals surface area contributed by atoms with Crippen molar-refractivity contribution in [1.82, 2.24) is 0 Å². The largest absolute Gasteiger partial charge is 0.291 e. The van der Waals surface area contributed by atoms with Crippen LogP contribution in [-0.4, -0.2) is 17.6 Å². The second-order valence-electron chi connectivity index (χ2n) is 2.20. The van der Waals surface area contributed by atoms with Crippen molar-refractivity contribution in [3.05, 3.63) is 34.3 Å². The van der Waals surface area contributed by atoms with Crippen molar-refractivity contribution in [2.45, 2.75) is 0 Å². The maximum Gasteiger partial charge on any atom is 0.191 e. The molecular formula is C8H7BrO3. The minimum Gasteiger partial charge on any atom is -0.291 e. The van der Waals surface area contributed by atoms with E-state index in [-0.39, 0.29) is 12.4 Å². The molecule has 0 fully saturated rings. The zero-order valence-electron chi connectivity index (χ0n) is 6.16. The summed E-state index contributed by atoms with van der Waals surface area (Å²) < 4.78 is 0.906. The molecule has 3 nitrogen and oxygen atoms in total. The van der Waals surface area contributed by atoms with Crippen molar-refractivity contribution in [2.24, 2.45) is 0 Å². The molecule has 0 aliphatic heterocycles. The minimum atomic E-state index is -0.304. The zero-order valence-corrected chi connectivity index (χ0v) is 7.74. The van der Waals surface area contributed by atoms with Gasteiger partial charge in [0.2, 0.25) is 0 Å². The highest BCUT2D eigenvalue weighted by atomic mass is 79.9. The molecule has 0 aromatic heterocycles. The van der Waals surface area contributed by atoms with Gasteiger partial charge in [-0.15, -0.1) is 0 Å². The minimum absolute atomic E-state index is 0.245. The molecule has 1 aromatic carbocycles. The molecule has 1 N–H and O–H groups in total. The van der Waals surface area contributed by atoms with E-state index >= 15 is 0 Å². The lowest BCUT2D eigenvalue weighted by Gasteiger charge is -1.97. The lowest BCUT2D eigenvalue weighted by Crippen LogP contribution is -2.06. The summed E-state index contributed by atoms with van der Waals surface area (Å²) in [6, 6.07) is 6.83. The van der Waals surface area contributed by atoms with E-state index in [2.05, 4.69) is 20.8 Å². The van der Waals surface area contributed by atoms with Crippen LogP contribution >= 0.6 is 15.9 Å². The molecule has 1 rings (SSSR count). The van der Waals surface area contributed by atoms with Crippen LogP contribution in [0.4, 0.5) is 0 Å². The van der Waals surface area contributed by atoms with Crippen LogP contribution in [0.1, 0.15) is 10.4 Å². The van der Waals surface area contributed by atoms with Crippen molar-refractivity contribution in [1.29, 1.82) is 0 Å². The highest BCUT2D eigenvalue weighted by Gasteiger charge is 2.04. The third-order valence-corrected chi connectivity index (χ3v) is 1.89. The van der Waals surface area contributed by atoms with Crippen LogP contribution in [0, 0.1) is 0 Å². The van der Waals surface area contributed by atoms with Gasteiger partial charge in [0, 0.05) is 10.0 Å². The number of rotatable bonds is 3. The lowest BCUT2D eigenvalue weighted by atomic mass is 10.1. The van der Waals surface area contributed by atoms with E-state index in [1.807, 2.05) is 0 Å². The summed E-state index contributed by atoms with van der Waals surface area (Å²) in [7, 11) is 0. The molecule has 0 spiro atoms. The Labute approximate surface area is 78.0 Å². The fourth-order valence-electron chi connectivity index (χ4n) is 0.778. The molecule has 0 saturated heterocycles. The van der Waals surface area contributed by atoms with Crippen LogP contribution < -0.4 is 0 Å².